The molecule has 0 bridgehead atoms. The third kappa shape index (κ3) is 14.4. The van der Waals surface area contributed by atoms with Gasteiger partial charge in [-0.15, -0.1) is 0 Å². The van der Waals surface area contributed by atoms with Gasteiger partial charge in [-0.1, -0.05) is 71.6 Å². The molecule has 0 spiro atoms. The number of hydrogen-bond donors (Lipinski definition) is 0. The van der Waals surface area contributed by atoms with E-state index >= 15 is 0 Å². The second kappa shape index (κ2) is 15.4. The van der Waals surface area contributed by atoms with Crippen LogP contribution in [0.2, 0.25) is 0 Å². The first-order valence-corrected chi connectivity index (χ1v) is 8.44. The van der Waals surface area contributed by atoms with E-state index in [1.54, 1.807) is 0 Å². The molecule has 0 atom stereocenters. The van der Waals surface area contributed by atoms with Crippen LogP contribution in [0.5, 0.6) is 0 Å². The SMILES string of the molecule is [CH2]CCCCCCCCCCCSCCC. The van der Waals surface area contributed by atoms with Crippen LogP contribution in [-0.2, 0) is 0 Å². The normalized spacial score (nSPS) is 10.9. The van der Waals surface area contributed by atoms with Crippen LogP contribution in [0.1, 0.15) is 77.6 Å². The van der Waals surface area contributed by atoms with Crippen LogP contribution in [0.3, 0.4) is 0 Å². The van der Waals surface area contributed by atoms with Crippen molar-refractivity contribution >= 4 is 11.8 Å². The first kappa shape index (κ1) is 16.4. The summed E-state index contributed by atoms with van der Waals surface area (Å²) >= 11 is 2.12. The Hall–Kier alpha value is 0.350. The molecule has 0 heterocycles. The molecule has 0 N–H and O–H groups in total. The molecule has 0 aromatic carbocycles. The molecule has 0 saturated carbocycles. The Bertz CT molecular complexity index is 98.0. The van der Waals surface area contributed by atoms with Crippen molar-refractivity contribution in [2.24, 2.45) is 0 Å². The van der Waals surface area contributed by atoms with Gasteiger partial charge in [0.05, 0.1) is 0 Å². The van der Waals surface area contributed by atoms with Crippen molar-refractivity contribution in [3.8, 4) is 0 Å². The molecule has 0 rings (SSSR count). The average Bonchev–Trinajstić information content (AvgIpc) is 2.31. The summed E-state index contributed by atoms with van der Waals surface area (Å²) in [6, 6.07) is 0. The van der Waals surface area contributed by atoms with Crippen LogP contribution < -0.4 is 0 Å². The minimum Gasteiger partial charge on any atom is -0.162 e. The third-order valence-corrected chi connectivity index (χ3v) is 4.16. The Labute approximate surface area is 108 Å². The van der Waals surface area contributed by atoms with Crippen molar-refractivity contribution in [1.82, 2.24) is 0 Å². The molecule has 0 aliphatic rings. The molecule has 0 amide bonds. The van der Waals surface area contributed by atoms with Gasteiger partial charge >= 0.3 is 0 Å². The number of hydrogen-bond acceptors (Lipinski definition) is 1. The molecule has 97 valence electrons. The summed E-state index contributed by atoms with van der Waals surface area (Å²) in [6.45, 7) is 6.14. The Kier molecular flexibility index (Phi) is 15.7. The molecule has 0 unspecified atom stereocenters. The summed E-state index contributed by atoms with van der Waals surface area (Å²) in [7, 11) is 0. The van der Waals surface area contributed by atoms with Crippen LogP contribution >= 0.6 is 11.8 Å². The number of unbranched alkanes of at least 4 members (excludes halogenated alkanes) is 9. The lowest BCUT2D eigenvalue weighted by Crippen LogP contribution is -1.84. The predicted molar refractivity (Wildman–Crippen MR) is 79.1 cm³/mol. The van der Waals surface area contributed by atoms with E-state index < -0.39 is 0 Å². The van der Waals surface area contributed by atoms with Gasteiger partial charge in [0.15, 0.2) is 0 Å². The molecular formula is C15H31S. The smallest absolute Gasteiger partial charge is 0.00675 e. The Morgan fingerprint density at radius 3 is 1.69 bits per heavy atom. The van der Waals surface area contributed by atoms with E-state index in [1.165, 1.54) is 75.7 Å². The van der Waals surface area contributed by atoms with Crippen molar-refractivity contribution in [2.45, 2.75) is 77.6 Å². The van der Waals surface area contributed by atoms with Gasteiger partial charge < -0.3 is 0 Å². The molecule has 0 aliphatic carbocycles. The summed E-state index contributed by atoms with van der Waals surface area (Å²) in [5.41, 5.74) is 0. The van der Waals surface area contributed by atoms with Gasteiger partial charge in [0.25, 0.3) is 0 Å². The molecule has 0 aromatic heterocycles. The quantitative estimate of drug-likeness (QED) is 0.365. The lowest BCUT2D eigenvalue weighted by atomic mass is 10.1. The van der Waals surface area contributed by atoms with Crippen LogP contribution in [0, 0.1) is 6.92 Å². The zero-order valence-electron chi connectivity index (χ0n) is 11.3. The van der Waals surface area contributed by atoms with E-state index in [9.17, 15) is 0 Å². The maximum atomic E-state index is 3.87. The van der Waals surface area contributed by atoms with Gasteiger partial charge in [-0.3, -0.25) is 0 Å². The monoisotopic (exact) mass is 243 g/mol. The highest BCUT2D eigenvalue weighted by atomic mass is 32.2. The molecule has 0 aliphatic heterocycles. The largest absolute Gasteiger partial charge is 0.162 e. The second-order valence-corrected chi connectivity index (χ2v) is 5.87. The predicted octanol–water partition coefficient (Wildman–Crippen LogP) is 5.86. The van der Waals surface area contributed by atoms with Crippen molar-refractivity contribution in [1.29, 1.82) is 0 Å². The van der Waals surface area contributed by atoms with Crippen LogP contribution in [0.25, 0.3) is 0 Å². The van der Waals surface area contributed by atoms with E-state index in [0.29, 0.717) is 0 Å². The zero-order valence-corrected chi connectivity index (χ0v) is 12.1. The third-order valence-electron chi connectivity index (χ3n) is 2.89. The van der Waals surface area contributed by atoms with Crippen molar-refractivity contribution in [3.05, 3.63) is 6.92 Å². The van der Waals surface area contributed by atoms with Gasteiger partial charge in [-0.2, -0.15) is 11.8 Å². The van der Waals surface area contributed by atoms with Crippen molar-refractivity contribution in [3.63, 3.8) is 0 Å². The fourth-order valence-electron chi connectivity index (χ4n) is 1.86. The van der Waals surface area contributed by atoms with Crippen LogP contribution in [-0.4, -0.2) is 11.5 Å². The minimum atomic E-state index is 1.12. The Morgan fingerprint density at radius 2 is 1.19 bits per heavy atom. The minimum absolute atomic E-state index is 1.12. The van der Waals surface area contributed by atoms with E-state index in [1.807, 2.05) is 0 Å². The Morgan fingerprint density at radius 1 is 0.688 bits per heavy atom. The summed E-state index contributed by atoms with van der Waals surface area (Å²) in [5.74, 6) is 2.74. The van der Waals surface area contributed by atoms with E-state index in [0.717, 1.165) is 6.42 Å². The first-order valence-electron chi connectivity index (χ1n) is 7.28. The molecule has 1 heteroatoms. The average molecular weight is 243 g/mol. The van der Waals surface area contributed by atoms with Crippen LogP contribution in [0.4, 0.5) is 0 Å². The summed E-state index contributed by atoms with van der Waals surface area (Å²) in [5, 5.41) is 0. The highest BCUT2D eigenvalue weighted by Gasteiger charge is 1.92. The van der Waals surface area contributed by atoms with Crippen molar-refractivity contribution < 1.29 is 0 Å². The topological polar surface area (TPSA) is 0 Å². The van der Waals surface area contributed by atoms with Gasteiger partial charge in [-0.05, 0) is 24.3 Å². The maximum Gasteiger partial charge on any atom is -0.00675 e. The van der Waals surface area contributed by atoms with Gasteiger partial charge in [-0.25, -0.2) is 0 Å². The van der Waals surface area contributed by atoms with E-state index in [4.69, 9.17) is 0 Å². The highest BCUT2D eigenvalue weighted by Crippen LogP contribution is 2.12. The summed E-state index contributed by atoms with van der Waals surface area (Å²) in [6.07, 6.45) is 15.3. The molecule has 0 saturated heterocycles. The van der Waals surface area contributed by atoms with Crippen LogP contribution in [0.15, 0.2) is 0 Å². The molecule has 0 aromatic rings. The fourth-order valence-corrected chi connectivity index (χ4v) is 2.77. The van der Waals surface area contributed by atoms with Gasteiger partial charge in [0.2, 0.25) is 0 Å². The maximum absolute atomic E-state index is 3.87. The molecular weight excluding hydrogens is 212 g/mol. The molecule has 0 fully saturated rings. The van der Waals surface area contributed by atoms with Gasteiger partial charge in [0.1, 0.15) is 0 Å². The second-order valence-electron chi connectivity index (χ2n) is 4.65. The standard InChI is InChI=1S/C15H31S/c1-3-5-6-7-8-9-10-11-12-13-15-16-14-4-2/h1,3-15H2,2H3. The van der Waals surface area contributed by atoms with Crippen molar-refractivity contribution in [2.75, 3.05) is 11.5 Å². The summed E-state index contributed by atoms with van der Waals surface area (Å²) in [4.78, 5) is 0. The Balaban J connectivity index is 2.83. The first-order chi connectivity index (χ1) is 7.91. The molecule has 0 nitrogen and oxygen atoms in total. The lowest BCUT2D eigenvalue weighted by molar-refractivity contribution is 0.567. The fraction of sp³-hybridized carbons (Fsp3) is 0.933. The number of thioether (sulfide) groups is 1. The number of rotatable bonds is 13. The summed E-state index contributed by atoms with van der Waals surface area (Å²) < 4.78 is 0. The van der Waals surface area contributed by atoms with Gasteiger partial charge in [0, 0.05) is 0 Å². The lowest BCUT2D eigenvalue weighted by Gasteiger charge is -2.02. The molecule has 16 heavy (non-hydrogen) atoms. The van der Waals surface area contributed by atoms with E-state index in [2.05, 4.69) is 25.6 Å². The zero-order chi connectivity index (χ0) is 11.9. The van der Waals surface area contributed by atoms with E-state index in [-0.39, 0.29) is 0 Å². The molecule has 1 radical (unpaired) electrons. The highest BCUT2D eigenvalue weighted by molar-refractivity contribution is 7.99.